The molecule has 2 aromatic heterocycles. The van der Waals surface area contributed by atoms with Crippen LogP contribution in [0.15, 0.2) is 59.5 Å². The van der Waals surface area contributed by atoms with Gasteiger partial charge in [-0.2, -0.15) is 0 Å². The molecule has 1 saturated heterocycles. The smallest absolute Gasteiger partial charge is 0.319 e. The zero-order chi connectivity index (χ0) is 19.2. The van der Waals surface area contributed by atoms with Crippen molar-refractivity contribution in [3.63, 3.8) is 0 Å². The first-order valence-corrected chi connectivity index (χ1v) is 8.64. The van der Waals surface area contributed by atoms with Gasteiger partial charge in [-0.15, -0.1) is 0 Å². The van der Waals surface area contributed by atoms with Crippen LogP contribution in [0, 0.1) is 0 Å². The predicted octanol–water partition coefficient (Wildman–Crippen LogP) is 2.32. The van der Waals surface area contributed by atoms with Gasteiger partial charge in [-0.3, -0.25) is 18.9 Å². The fourth-order valence-corrected chi connectivity index (χ4v) is 3.34. The molecule has 1 unspecified atom stereocenters. The van der Waals surface area contributed by atoms with Crippen LogP contribution in [-0.4, -0.2) is 26.2 Å². The monoisotopic (exact) mass is 382 g/mol. The largest absolute Gasteiger partial charge is 0.325 e. The molecule has 3 heterocycles. The molecule has 0 aliphatic carbocycles. The van der Waals surface area contributed by atoms with Crippen molar-refractivity contribution in [1.29, 1.82) is 0 Å². The number of carbonyl (C=O) groups excluding carboxylic acids is 2. The predicted molar refractivity (Wildman–Crippen MR) is 99.3 cm³/mol. The maximum atomic E-state index is 12.9. The highest BCUT2D eigenvalue weighted by Gasteiger charge is 2.48. The zero-order valence-electron chi connectivity index (χ0n) is 14.3. The summed E-state index contributed by atoms with van der Waals surface area (Å²) in [4.78, 5) is 43.1. The van der Waals surface area contributed by atoms with Crippen LogP contribution in [0.25, 0.3) is 5.65 Å². The van der Waals surface area contributed by atoms with Crippen molar-refractivity contribution in [2.24, 2.45) is 0 Å². The highest BCUT2D eigenvalue weighted by Crippen LogP contribution is 2.29. The quantitative estimate of drug-likeness (QED) is 0.704. The first-order chi connectivity index (χ1) is 12.9. The highest BCUT2D eigenvalue weighted by molar-refractivity contribution is 6.30. The number of carbonyl (C=O) groups is 2. The summed E-state index contributed by atoms with van der Waals surface area (Å²) < 4.78 is 1.31. The minimum atomic E-state index is -1.15. The molecular weight excluding hydrogens is 368 g/mol. The fourth-order valence-electron chi connectivity index (χ4n) is 3.18. The van der Waals surface area contributed by atoms with Crippen LogP contribution in [0.2, 0.25) is 5.02 Å². The van der Waals surface area contributed by atoms with Crippen molar-refractivity contribution in [3.8, 4) is 0 Å². The molecule has 3 amide bonds. The van der Waals surface area contributed by atoms with Crippen LogP contribution in [-0.2, 0) is 16.9 Å². The third-order valence-electron chi connectivity index (χ3n) is 4.62. The SMILES string of the molecule is CC1(c2ccccc2)NC(=O)N(Cc2cc(=O)n3cc(Cl)ccc3n2)C1=O. The van der Waals surface area contributed by atoms with Gasteiger partial charge in [-0.25, -0.2) is 9.78 Å². The Hall–Kier alpha value is -3.19. The van der Waals surface area contributed by atoms with E-state index in [0.717, 1.165) is 4.90 Å². The lowest BCUT2D eigenvalue weighted by Crippen LogP contribution is -2.40. The van der Waals surface area contributed by atoms with Gasteiger partial charge in [0, 0.05) is 12.3 Å². The fraction of sp³-hybridized carbons (Fsp3) is 0.158. The lowest BCUT2D eigenvalue weighted by atomic mass is 9.92. The van der Waals surface area contributed by atoms with Crippen LogP contribution < -0.4 is 10.9 Å². The standard InChI is InChI=1S/C19H15ClN4O3/c1-19(12-5-3-2-4-6-12)17(26)24(18(27)22-19)11-14-9-16(25)23-10-13(20)7-8-15(23)21-14/h2-10H,11H2,1H3,(H,22,27). The summed E-state index contributed by atoms with van der Waals surface area (Å²) in [5.74, 6) is -0.392. The molecule has 7 nitrogen and oxygen atoms in total. The van der Waals surface area contributed by atoms with Gasteiger partial charge in [0.05, 0.1) is 17.3 Å². The van der Waals surface area contributed by atoms with E-state index in [9.17, 15) is 14.4 Å². The van der Waals surface area contributed by atoms with Crippen molar-refractivity contribution in [1.82, 2.24) is 19.6 Å². The molecule has 0 saturated carbocycles. The number of halogens is 1. The maximum absolute atomic E-state index is 12.9. The summed E-state index contributed by atoms with van der Waals surface area (Å²) >= 11 is 5.90. The Morgan fingerprint density at radius 3 is 2.59 bits per heavy atom. The van der Waals surface area contributed by atoms with Crippen LogP contribution in [0.3, 0.4) is 0 Å². The van der Waals surface area contributed by atoms with Crippen molar-refractivity contribution in [3.05, 3.63) is 81.4 Å². The Labute approximate surface area is 159 Å². The second-order valence-corrected chi connectivity index (χ2v) is 6.91. The summed E-state index contributed by atoms with van der Waals surface area (Å²) in [6.45, 7) is 1.56. The number of rotatable bonds is 3. The maximum Gasteiger partial charge on any atom is 0.325 e. The summed E-state index contributed by atoms with van der Waals surface area (Å²) in [7, 11) is 0. The van der Waals surface area contributed by atoms with Crippen molar-refractivity contribution >= 4 is 29.2 Å². The molecule has 136 valence electrons. The summed E-state index contributed by atoms with van der Waals surface area (Å²) in [6, 6.07) is 13.0. The lowest BCUT2D eigenvalue weighted by Gasteiger charge is -2.22. The summed E-state index contributed by atoms with van der Waals surface area (Å²) in [6.07, 6.45) is 1.47. The number of fused-ring (bicyclic) bond motifs is 1. The number of nitrogens with one attached hydrogen (secondary N) is 1. The second kappa shape index (κ2) is 6.21. The lowest BCUT2D eigenvalue weighted by molar-refractivity contribution is -0.131. The van der Waals surface area contributed by atoms with Gasteiger partial charge in [0.15, 0.2) is 0 Å². The molecule has 1 aliphatic rings. The third-order valence-corrected chi connectivity index (χ3v) is 4.85. The van der Waals surface area contributed by atoms with Gasteiger partial charge in [0.25, 0.3) is 11.5 Å². The molecule has 1 atom stereocenters. The van der Waals surface area contributed by atoms with Crippen LogP contribution >= 0.6 is 11.6 Å². The van der Waals surface area contributed by atoms with Gasteiger partial charge in [-0.1, -0.05) is 41.9 Å². The molecule has 0 radical (unpaired) electrons. The van der Waals surface area contributed by atoms with E-state index in [-0.39, 0.29) is 12.1 Å². The van der Waals surface area contributed by atoms with Gasteiger partial charge in [0.1, 0.15) is 11.2 Å². The first-order valence-electron chi connectivity index (χ1n) is 8.26. The van der Waals surface area contributed by atoms with Crippen molar-refractivity contribution in [2.45, 2.75) is 19.0 Å². The topological polar surface area (TPSA) is 83.8 Å². The average molecular weight is 383 g/mol. The Morgan fingerprint density at radius 1 is 1.11 bits per heavy atom. The van der Waals surface area contributed by atoms with Gasteiger partial charge < -0.3 is 5.32 Å². The van der Waals surface area contributed by atoms with E-state index in [2.05, 4.69) is 10.3 Å². The van der Waals surface area contributed by atoms with E-state index in [0.29, 0.717) is 21.9 Å². The Morgan fingerprint density at radius 2 is 1.85 bits per heavy atom. The van der Waals surface area contributed by atoms with Gasteiger partial charge >= 0.3 is 6.03 Å². The third kappa shape index (κ3) is 2.86. The molecule has 1 N–H and O–H groups in total. The van der Waals surface area contributed by atoms with E-state index >= 15 is 0 Å². The summed E-state index contributed by atoms with van der Waals surface area (Å²) in [5.41, 5.74) is -0.0945. The first kappa shape index (κ1) is 17.2. The Bertz CT molecular complexity index is 1130. The van der Waals surface area contributed by atoms with Crippen LogP contribution in [0.4, 0.5) is 4.79 Å². The number of urea groups is 1. The highest BCUT2D eigenvalue weighted by atomic mass is 35.5. The normalized spacial score (nSPS) is 19.6. The zero-order valence-corrected chi connectivity index (χ0v) is 15.1. The molecule has 1 aliphatic heterocycles. The Kier molecular flexibility index (Phi) is 3.96. The van der Waals surface area contributed by atoms with E-state index in [4.69, 9.17) is 11.6 Å². The number of aromatic nitrogens is 2. The van der Waals surface area contributed by atoms with Gasteiger partial charge in [-0.05, 0) is 24.6 Å². The number of amides is 3. The van der Waals surface area contributed by atoms with Crippen molar-refractivity contribution in [2.75, 3.05) is 0 Å². The Balaban J connectivity index is 1.68. The molecule has 1 fully saturated rings. The van der Waals surface area contributed by atoms with E-state index in [1.165, 1.54) is 16.7 Å². The van der Waals surface area contributed by atoms with E-state index in [1.807, 2.05) is 6.07 Å². The van der Waals surface area contributed by atoms with Crippen molar-refractivity contribution < 1.29 is 9.59 Å². The minimum Gasteiger partial charge on any atom is -0.319 e. The molecule has 0 spiro atoms. The van der Waals surface area contributed by atoms with Crippen LogP contribution in [0.1, 0.15) is 18.2 Å². The number of hydrogen-bond acceptors (Lipinski definition) is 4. The number of pyridine rings is 1. The van der Waals surface area contributed by atoms with E-state index in [1.54, 1.807) is 43.3 Å². The molecule has 4 rings (SSSR count). The average Bonchev–Trinajstić information content (AvgIpc) is 2.87. The molecule has 8 heteroatoms. The number of benzene rings is 1. The molecular formula is C19H15ClN4O3. The molecule has 1 aromatic carbocycles. The summed E-state index contributed by atoms with van der Waals surface area (Å²) in [5, 5.41) is 3.14. The number of hydrogen-bond donors (Lipinski definition) is 1. The van der Waals surface area contributed by atoms with E-state index < -0.39 is 17.5 Å². The van der Waals surface area contributed by atoms with Crippen LogP contribution in [0.5, 0.6) is 0 Å². The molecule has 3 aromatic rings. The molecule has 27 heavy (non-hydrogen) atoms. The van der Waals surface area contributed by atoms with Gasteiger partial charge in [0.2, 0.25) is 0 Å². The molecule has 0 bridgehead atoms. The number of nitrogens with zero attached hydrogens (tertiary/aromatic N) is 3. The number of imide groups is 1. The minimum absolute atomic E-state index is 0.0958. The second-order valence-electron chi connectivity index (χ2n) is 6.47.